The number of piperazine rings is 1. The fraction of sp³-hybridized carbons (Fsp3) is 0.812. The first-order valence-electron chi connectivity index (χ1n) is 9.05. The number of hydrogen-bond donors (Lipinski definition) is 1. The van der Waals surface area contributed by atoms with Crippen LogP contribution in [0, 0.1) is 5.41 Å². The molecule has 1 aromatic rings. The molecule has 0 amide bonds. The van der Waals surface area contributed by atoms with E-state index < -0.39 is 9.84 Å². The largest absolute Gasteiger partial charge is 0.356 e. The Hall–Kier alpha value is -1.42. The number of guanidine groups is 1. The van der Waals surface area contributed by atoms with Gasteiger partial charge in [-0.3, -0.25) is 4.99 Å². The zero-order valence-corrected chi connectivity index (χ0v) is 17.4. The summed E-state index contributed by atoms with van der Waals surface area (Å²) >= 11 is 1.47. The summed E-state index contributed by atoms with van der Waals surface area (Å²) in [5, 5.41) is 4.39. The maximum absolute atomic E-state index is 11.6. The van der Waals surface area contributed by atoms with Gasteiger partial charge < -0.3 is 15.1 Å². The van der Waals surface area contributed by atoms with Crippen LogP contribution in [0.15, 0.2) is 4.99 Å². The van der Waals surface area contributed by atoms with Gasteiger partial charge in [0.2, 0.25) is 5.13 Å². The lowest BCUT2D eigenvalue weighted by Crippen LogP contribution is -2.53. The molecule has 1 aliphatic carbocycles. The molecule has 1 saturated heterocycles. The average Bonchev–Trinajstić information content (AvgIpc) is 3.18. The molecule has 146 valence electrons. The summed E-state index contributed by atoms with van der Waals surface area (Å²) in [7, 11) is -1.17. The first-order chi connectivity index (χ1) is 12.3. The van der Waals surface area contributed by atoms with Crippen molar-refractivity contribution in [2.45, 2.75) is 26.2 Å². The fourth-order valence-electron chi connectivity index (χ4n) is 3.33. The van der Waals surface area contributed by atoms with Gasteiger partial charge in [-0.05, 0) is 12.8 Å². The molecule has 0 aromatic carbocycles. The van der Waals surface area contributed by atoms with Crippen LogP contribution in [-0.2, 0) is 16.3 Å². The molecule has 1 N–H and O–H groups in total. The van der Waals surface area contributed by atoms with Gasteiger partial charge in [0, 0.05) is 69.4 Å². The molecule has 2 fully saturated rings. The van der Waals surface area contributed by atoms with Crippen LogP contribution in [-0.4, -0.2) is 80.4 Å². The number of nitrogens with zero attached hydrogens (tertiary/aromatic N) is 5. The van der Waals surface area contributed by atoms with Crippen LogP contribution in [0.2, 0.25) is 0 Å². The molecule has 0 radical (unpaired) electrons. The van der Waals surface area contributed by atoms with Crippen molar-refractivity contribution in [2.24, 2.45) is 10.4 Å². The monoisotopic (exact) mass is 400 g/mol. The Labute approximate surface area is 159 Å². The third kappa shape index (κ3) is 4.85. The Morgan fingerprint density at radius 3 is 2.50 bits per heavy atom. The molecule has 10 heteroatoms. The van der Waals surface area contributed by atoms with Crippen molar-refractivity contribution >= 4 is 32.5 Å². The normalized spacial score (nSPS) is 20.3. The second kappa shape index (κ2) is 7.67. The molecule has 2 aliphatic rings. The summed E-state index contributed by atoms with van der Waals surface area (Å²) < 4.78 is 27.6. The van der Waals surface area contributed by atoms with E-state index in [0.29, 0.717) is 6.54 Å². The molecule has 2 heterocycles. The van der Waals surface area contributed by atoms with Crippen molar-refractivity contribution in [1.29, 1.82) is 0 Å². The number of aliphatic imine (C=N–C) groups is 1. The number of hydrogen-bond acceptors (Lipinski definition) is 7. The van der Waals surface area contributed by atoms with Crippen molar-refractivity contribution < 1.29 is 8.42 Å². The van der Waals surface area contributed by atoms with Gasteiger partial charge in [-0.2, -0.15) is 4.37 Å². The first kappa shape index (κ1) is 19.3. The quantitative estimate of drug-likeness (QED) is 0.553. The summed E-state index contributed by atoms with van der Waals surface area (Å²) in [6.45, 7) is 6.22. The summed E-state index contributed by atoms with van der Waals surface area (Å²) in [6.07, 6.45) is 4.12. The van der Waals surface area contributed by atoms with Crippen molar-refractivity contribution in [3.63, 3.8) is 0 Å². The van der Waals surface area contributed by atoms with Gasteiger partial charge in [0.1, 0.15) is 15.7 Å². The summed E-state index contributed by atoms with van der Waals surface area (Å²) in [5.74, 6) is 2.02. The van der Waals surface area contributed by atoms with E-state index in [1.165, 1.54) is 17.8 Å². The maximum Gasteiger partial charge on any atom is 0.205 e. The highest BCUT2D eigenvalue weighted by Gasteiger charge is 2.45. The third-order valence-corrected chi connectivity index (χ3v) is 6.93. The van der Waals surface area contributed by atoms with E-state index in [-0.39, 0.29) is 11.2 Å². The molecular formula is C16H28N6O2S2. The second-order valence-electron chi connectivity index (χ2n) is 7.29. The Kier molecular flexibility index (Phi) is 5.71. The molecule has 0 spiro atoms. The Bertz CT molecular complexity index is 749. The molecule has 8 nitrogen and oxygen atoms in total. The van der Waals surface area contributed by atoms with Crippen LogP contribution in [0.1, 0.15) is 25.6 Å². The zero-order valence-electron chi connectivity index (χ0n) is 15.7. The van der Waals surface area contributed by atoms with Gasteiger partial charge in [0.25, 0.3) is 0 Å². The molecule has 1 aliphatic heterocycles. The lowest BCUT2D eigenvalue weighted by molar-refractivity contribution is 0.367. The number of anilines is 1. The van der Waals surface area contributed by atoms with Crippen molar-refractivity contribution in [3.8, 4) is 0 Å². The topological polar surface area (TPSA) is 90.8 Å². The molecule has 0 bridgehead atoms. The Morgan fingerprint density at radius 2 is 2.00 bits per heavy atom. The number of aromatic nitrogens is 2. The van der Waals surface area contributed by atoms with E-state index in [1.807, 2.05) is 0 Å². The van der Waals surface area contributed by atoms with Crippen LogP contribution in [0.3, 0.4) is 0 Å². The van der Waals surface area contributed by atoms with Gasteiger partial charge in [-0.15, -0.1) is 0 Å². The zero-order chi connectivity index (χ0) is 18.8. The Morgan fingerprint density at radius 1 is 1.31 bits per heavy atom. The lowest BCUT2D eigenvalue weighted by Gasteiger charge is -2.36. The van der Waals surface area contributed by atoms with Crippen LogP contribution in [0.4, 0.5) is 5.13 Å². The highest BCUT2D eigenvalue weighted by Crippen LogP contribution is 2.46. The molecule has 0 atom stereocenters. The van der Waals surface area contributed by atoms with Gasteiger partial charge in [0.05, 0.1) is 5.75 Å². The van der Waals surface area contributed by atoms with Crippen molar-refractivity contribution in [1.82, 2.24) is 19.6 Å². The standard InChI is InChI=1S/C16H28N6O2S2/c1-4-13-19-15(25-20-13)22-9-7-21(8-10-22)14(17-2)18-11-16(5-6-16)12-26(3,23)24/h4-12H2,1-3H3,(H,17,18). The smallest absolute Gasteiger partial charge is 0.205 e. The van der Waals surface area contributed by atoms with Crippen LogP contribution >= 0.6 is 11.5 Å². The van der Waals surface area contributed by atoms with E-state index in [2.05, 4.69) is 36.4 Å². The average molecular weight is 401 g/mol. The molecule has 1 aromatic heterocycles. The summed E-state index contributed by atoms with van der Waals surface area (Å²) in [6, 6.07) is 0. The number of rotatable bonds is 6. The minimum Gasteiger partial charge on any atom is -0.356 e. The van der Waals surface area contributed by atoms with Crippen LogP contribution in [0.5, 0.6) is 0 Å². The minimum atomic E-state index is -2.95. The first-order valence-corrected chi connectivity index (χ1v) is 11.9. The van der Waals surface area contributed by atoms with Crippen LogP contribution in [0.25, 0.3) is 0 Å². The third-order valence-electron chi connectivity index (χ3n) is 4.98. The fourth-order valence-corrected chi connectivity index (χ4v) is 5.63. The molecule has 3 rings (SSSR count). The number of aryl methyl sites for hydroxylation is 1. The molecule has 26 heavy (non-hydrogen) atoms. The number of sulfone groups is 1. The highest BCUT2D eigenvalue weighted by atomic mass is 32.2. The molecule has 0 unspecified atom stereocenters. The van der Waals surface area contributed by atoms with E-state index in [0.717, 1.165) is 62.4 Å². The van der Waals surface area contributed by atoms with E-state index >= 15 is 0 Å². The lowest BCUT2D eigenvalue weighted by atomic mass is 10.1. The van der Waals surface area contributed by atoms with Crippen molar-refractivity contribution in [3.05, 3.63) is 5.82 Å². The van der Waals surface area contributed by atoms with Gasteiger partial charge >= 0.3 is 0 Å². The van der Waals surface area contributed by atoms with Gasteiger partial charge in [0.15, 0.2) is 5.96 Å². The van der Waals surface area contributed by atoms with Gasteiger partial charge in [-0.1, -0.05) is 6.92 Å². The van der Waals surface area contributed by atoms with E-state index in [1.54, 1.807) is 7.05 Å². The summed E-state index contributed by atoms with van der Waals surface area (Å²) in [5.41, 5.74) is -0.103. The summed E-state index contributed by atoms with van der Waals surface area (Å²) in [4.78, 5) is 13.5. The highest BCUT2D eigenvalue weighted by molar-refractivity contribution is 7.90. The Balaban J connectivity index is 1.51. The molecular weight excluding hydrogens is 372 g/mol. The van der Waals surface area contributed by atoms with Crippen molar-refractivity contribution in [2.75, 3.05) is 56.7 Å². The molecule has 1 saturated carbocycles. The SMILES string of the molecule is CCc1nsc(N2CCN(C(=NC)NCC3(CS(C)(=O)=O)CC3)CC2)n1. The maximum atomic E-state index is 11.6. The van der Waals surface area contributed by atoms with E-state index in [9.17, 15) is 8.42 Å². The number of nitrogens with one attached hydrogen (secondary N) is 1. The van der Waals surface area contributed by atoms with Gasteiger partial charge in [-0.25, -0.2) is 13.4 Å². The van der Waals surface area contributed by atoms with Crippen LogP contribution < -0.4 is 10.2 Å². The second-order valence-corrected chi connectivity index (χ2v) is 10.2. The van der Waals surface area contributed by atoms with E-state index in [4.69, 9.17) is 0 Å². The minimum absolute atomic E-state index is 0.103. The predicted molar refractivity (Wildman–Crippen MR) is 106 cm³/mol. The predicted octanol–water partition coefficient (Wildman–Crippen LogP) is 0.623.